The maximum Gasteiger partial charge on any atom is 0.333 e. The van der Waals surface area contributed by atoms with Crippen molar-refractivity contribution in [2.24, 2.45) is 0 Å². The molecule has 21 heavy (non-hydrogen) atoms. The summed E-state index contributed by atoms with van der Waals surface area (Å²) in [4.78, 5) is 20.5. The van der Waals surface area contributed by atoms with Gasteiger partial charge in [-0.1, -0.05) is 6.58 Å². The summed E-state index contributed by atoms with van der Waals surface area (Å²) in [6, 6.07) is 0. The number of aliphatic hydroxyl groups excluding tert-OH is 4. The third kappa shape index (κ3) is 5.00. The lowest BCUT2D eigenvalue weighted by Gasteiger charge is -2.38. The van der Waals surface area contributed by atoms with E-state index in [0.29, 0.717) is 0 Å². The van der Waals surface area contributed by atoms with Crippen LogP contribution in [0.15, 0.2) is 12.2 Å². The predicted molar refractivity (Wildman–Crippen MR) is 66.6 cm³/mol. The van der Waals surface area contributed by atoms with Crippen LogP contribution < -0.4 is 0 Å². The number of carbonyl (C=O) groups is 1. The molecule has 4 N–H and O–H groups in total. The van der Waals surface area contributed by atoms with E-state index in [9.17, 15) is 20.1 Å². The summed E-state index contributed by atoms with van der Waals surface area (Å²) in [6.07, 6.45) is -7.05. The van der Waals surface area contributed by atoms with Crippen molar-refractivity contribution >= 4 is 5.97 Å². The Morgan fingerprint density at radius 3 is 2.43 bits per heavy atom. The normalized spacial score (nSPS) is 32.7. The summed E-state index contributed by atoms with van der Waals surface area (Å²) < 4.78 is 9.74. The van der Waals surface area contributed by atoms with Crippen molar-refractivity contribution in [1.29, 1.82) is 0 Å². The van der Waals surface area contributed by atoms with Crippen LogP contribution in [0.2, 0.25) is 0 Å². The lowest BCUT2D eigenvalue weighted by atomic mass is 9.99. The Kier molecular flexibility index (Phi) is 7.18. The molecule has 9 nitrogen and oxygen atoms in total. The van der Waals surface area contributed by atoms with Crippen molar-refractivity contribution in [3.63, 3.8) is 0 Å². The molecule has 0 amide bonds. The maximum absolute atomic E-state index is 11.0. The highest BCUT2D eigenvalue weighted by Gasteiger charge is 2.44. The molecule has 0 aliphatic carbocycles. The van der Waals surface area contributed by atoms with Crippen LogP contribution in [0.25, 0.3) is 0 Å². The highest BCUT2D eigenvalue weighted by atomic mass is 17.2. The minimum Gasteiger partial charge on any atom is -0.460 e. The summed E-state index contributed by atoms with van der Waals surface area (Å²) in [7, 11) is 0. The molecule has 0 spiro atoms. The van der Waals surface area contributed by atoms with Gasteiger partial charge in [-0.15, -0.1) is 0 Å². The van der Waals surface area contributed by atoms with Gasteiger partial charge in [0.25, 0.3) is 0 Å². The number of esters is 1. The molecule has 9 heteroatoms. The first-order valence-corrected chi connectivity index (χ1v) is 6.30. The van der Waals surface area contributed by atoms with Gasteiger partial charge in [-0.2, -0.15) is 0 Å². The number of aliphatic hydroxyl groups is 4. The zero-order valence-corrected chi connectivity index (χ0v) is 11.5. The summed E-state index contributed by atoms with van der Waals surface area (Å²) in [5.74, 6) is -0.577. The topological polar surface area (TPSA) is 135 Å². The monoisotopic (exact) mass is 308 g/mol. The average Bonchev–Trinajstić information content (AvgIpc) is 2.46. The standard InChI is InChI=1S/C12H20O9/c1-6(2)11(17)18-3-4-19-21-12-10(16)9(15)8(14)7(5-13)20-12/h7-10,12-16H,1,3-5H2,2H3/t7?,8-,9?,10?,12+/m1/s1. The van der Waals surface area contributed by atoms with Crippen LogP contribution in [0.4, 0.5) is 0 Å². The number of hydrogen-bond donors (Lipinski definition) is 4. The van der Waals surface area contributed by atoms with Gasteiger partial charge >= 0.3 is 5.97 Å². The predicted octanol–water partition coefficient (Wildman–Crippen LogP) is -2.15. The molecule has 1 rings (SSSR count). The number of carbonyl (C=O) groups excluding carboxylic acids is 1. The van der Waals surface area contributed by atoms with Crippen molar-refractivity contribution in [2.75, 3.05) is 19.8 Å². The van der Waals surface area contributed by atoms with Crippen molar-refractivity contribution in [3.05, 3.63) is 12.2 Å². The molecular weight excluding hydrogens is 288 g/mol. The van der Waals surface area contributed by atoms with E-state index < -0.39 is 43.3 Å². The molecule has 1 aliphatic heterocycles. The van der Waals surface area contributed by atoms with Crippen LogP contribution in [-0.4, -0.2) is 76.9 Å². The minimum atomic E-state index is -1.55. The first kappa shape index (κ1) is 18.0. The van der Waals surface area contributed by atoms with Crippen LogP contribution >= 0.6 is 0 Å². The van der Waals surface area contributed by atoms with E-state index in [0.717, 1.165) is 0 Å². The Hall–Kier alpha value is -1.07. The van der Waals surface area contributed by atoms with Crippen molar-refractivity contribution < 1.29 is 44.5 Å². The van der Waals surface area contributed by atoms with Crippen LogP contribution in [0, 0.1) is 0 Å². The number of ether oxygens (including phenoxy) is 2. The molecule has 0 bridgehead atoms. The van der Waals surface area contributed by atoms with E-state index in [1.54, 1.807) is 0 Å². The smallest absolute Gasteiger partial charge is 0.333 e. The van der Waals surface area contributed by atoms with Gasteiger partial charge in [0.05, 0.1) is 6.61 Å². The van der Waals surface area contributed by atoms with E-state index in [4.69, 9.17) is 19.5 Å². The second-order valence-electron chi connectivity index (χ2n) is 4.53. The van der Waals surface area contributed by atoms with E-state index in [-0.39, 0.29) is 18.8 Å². The molecule has 122 valence electrons. The minimum absolute atomic E-state index is 0.108. The summed E-state index contributed by atoms with van der Waals surface area (Å²) in [5.41, 5.74) is 0.241. The molecule has 3 unspecified atom stereocenters. The molecule has 1 fully saturated rings. The van der Waals surface area contributed by atoms with Gasteiger partial charge in [0.1, 0.15) is 37.6 Å². The van der Waals surface area contributed by atoms with Crippen molar-refractivity contribution in [2.45, 2.75) is 37.6 Å². The van der Waals surface area contributed by atoms with Gasteiger partial charge in [0.15, 0.2) is 0 Å². The molecule has 0 saturated carbocycles. The van der Waals surface area contributed by atoms with E-state index in [1.165, 1.54) is 6.92 Å². The molecular formula is C12H20O9. The fraction of sp³-hybridized carbons (Fsp3) is 0.750. The summed E-state index contributed by atoms with van der Waals surface area (Å²) in [6.45, 7) is 4.07. The van der Waals surface area contributed by atoms with Gasteiger partial charge in [-0.05, 0) is 6.92 Å². The molecule has 1 saturated heterocycles. The van der Waals surface area contributed by atoms with Gasteiger partial charge in [-0.25, -0.2) is 14.6 Å². The fourth-order valence-electron chi connectivity index (χ4n) is 1.55. The van der Waals surface area contributed by atoms with Crippen molar-refractivity contribution in [1.82, 2.24) is 0 Å². The second kappa shape index (κ2) is 8.39. The number of hydrogen-bond acceptors (Lipinski definition) is 9. The Bertz CT molecular complexity index is 357. The van der Waals surface area contributed by atoms with E-state index in [1.807, 2.05) is 0 Å². The first-order valence-electron chi connectivity index (χ1n) is 6.30. The third-order valence-corrected chi connectivity index (χ3v) is 2.76. The zero-order chi connectivity index (χ0) is 16.0. The fourth-order valence-corrected chi connectivity index (χ4v) is 1.55. The van der Waals surface area contributed by atoms with Crippen molar-refractivity contribution in [3.8, 4) is 0 Å². The SMILES string of the molecule is C=C(C)C(=O)OCCOO[C@@H]1OC(CO)[C@@H](O)C(O)C1O. The third-order valence-electron chi connectivity index (χ3n) is 2.76. The largest absolute Gasteiger partial charge is 0.460 e. The molecule has 0 aromatic rings. The molecule has 0 radical (unpaired) electrons. The highest BCUT2D eigenvalue weighted by molar-refractivity contribution is 5.86. The summed E-state index contributed by atoms with van der Waals surface area (Å²) in [5, 5.41) is 37.6. The van der Waals surface area contributed by atoms with Crippen LogP contribution in [0.3, 0.4) is 0 Å². The number of rotatable bonds is 7. The van der Waals surface area contributed by atoms with Gasteiger partial charge in [0, 0.05) is 5.57 Å². The highest BCUT2D eigenvalue weighted by Crippen LogP contribution is 2.21. The molecule has 1 aliphatic rings. The second-order valence-corrected chi connectivity index (χ2v) is 4.53. The van der Waals surface area contributed by atoms with E-state index in [2.05, 4.69) is 11.5 Å². The van der Waals surface area contributed by atoms with Crippen LogP contribution in [-0.2, 0) is 24.0 Å². The Morgan fingerprint density at radius 2 is 1.86 bits per heavy atom. The van der Waals surface area contributed by atoms with Gasteiger partial charge < -0.3 is 29.9 Å². The Balaban J connectivity index is 2.31. The average molecular weight is 308 g/mol. The Labute approximate surface area is 121 Å². The molecule has 5 atom stereocenters. The molecule has 1 heterocycles. The van der Waals surface area contributed by atoms with Gasteiger partial charge in [-0.3, -0.25) is 0 Å². The zero-order valence-electron chi connectivity index (χ0n) is 11.5. The molecule has 0 aromatic carbocycles. The lowest BCUT2D eigenvalue weighted by molar-refractivity contribution is -0.426. The van der Waals surface area contributed by atoms with Crippen LogP contribution in [0.1, 0.15) is 6.92 Å². The first-order chi connectivity index (χ1) is 9.88. The van der Waals surface area contributed by atoms with Gasteiger partial charge in [0.2, 0.25) is 6.29 Å². The van der Waals surface area contributed by atoms with Crippen LogP contribution in [0.5, 0.6) is 0 Å². The Morgan fingerprint density at radius 1 is 1.19 bits per heavy atom. The van der Waals surface area contributed by atoms with E-state index >= 15 is 0 Å². The quantitative estimate of drug-likeness (QED) is 0.136. The maximum atomic E-state index is 11.0. The molecule has 0 aromatic heterocycles. The lowest BCUT2D eigenvalue weighted by Crippen LogP contribution is -2.59. The summed E-state index contributed by atoms with van der Waals surface area (Å²) >= 11 is 0.